The van der Waals surface area contributed by atoms with E-state index in [1.165, 1.54) is 19.2 Å². The SMILES string of the molecule is CCCS(=O)(=O)Nc1cc(Cl)cc(-c2nc(C3CC3)[nH]c2-c2ccnc(CC[C@H](C)NC(=O)OC)n2)c1F. The monoisotopic (exact) mass is 564 g/mol. The Hall–Kier alpha value is -3.25. The summed E-state index contributed by atoms with van der Waals surface area (Å²) in [6.07, 6.45) is 4.46. The van der Waals surface area contributed by atoms with Gasteiger partial charge in [-0.1, -0.05) is 18.5 Å². The minimum Gasteiger partial charge on any atom is -0.453 e. The van der Waals surface area contributed by atoms with Crippen molar-refractivity contribution in [2.45, 2.75) is 57.9 Å². The average molecular weight is 565 g/mol. The zero-order valence-corrected chi connectivity index (χ0v) is 22.9. The van der Waals surface area contributed by atoms with Gasteiger partial charge in [-0.25, -0.2) is 32.6 Å². The Morgan fingerprint density at radius 3 is 2.76 bits per heavy atom. The maximum Gasteiger partial charge on any atom is 0.407 e. The molecule has 2 aromatic heterocycles. The highest BCUT2D eigenvalue weighted by molar-refractivity contribution is 7.92. The molecule has 3 aromatic rings. The number of nitrogens with zero attached hydrogens (tertiary/aromatic N) is 3. The normalized spacial score (nSPS) is 14.2. The number of sulfonamides is 1. The number of amides is 1. The van der Waals surface area contributed by atoms with Crippen LogP contribution in [0.2, 0.25) is 5.02 Å². The quantitative estimate of drug-likeness (QED) is 0.297. The number of imidazole rings is 1. The summed E-state index contributed by atoms with van der Waals surface area (Å²) in [7, 11) is -2.44. The molecule has 1 aliphatic rings. The van der Waals surface area contributed by atoms with Gasteiger partial charge in [-0.05, 0) is 50.8 Å². The summed E-state index contributed by atoms with van der Waals surface area (Å²) in [5.74, 6) is 0.554. The fraction of sp³-hybridized carbons (Fsp3) is 0.440. The Bertz CT molecular complexity index is 1430. The predicted octanol–water partition coefficient (Wildman–Crippen LogP) is 5.03. The zero-order chi connectivity index (χ0) is 27.4. The number of benzene rings is 1. The molecule has 1 atom stereocenters. The number of carbonyl (C=O) groups is 1. The molecule has 4 rings (SSSR count). The number of methoxy groups -OCH3 is 1. The number of H-pyrrole nitrogens is 1. The molecule has 2 heterocycles. The second kappa shape index (κ2) is 11.6. The molecule has 0 bridgehead atoms. The molecular formula is C25H30ClFN6O4S. The van der Waals surface area contributed by atoms with Gasteiger partial charge in [-0.15, -0.1) is 0 Å². The molecule has 204 valence electrons. The van der Waals surface area contributed by atoms with Gasteiger partial charge in [0.2, 0.25) is 10.0 Å². The van der Waals surface area contributed by atoms with E-state index in [9.17, 15) is 13.2 Å². The Labute approximate surface area is 225 Å². The molecule has 0 unspecified atom stereocenters. The smallest absolute Gasteiger partial charge is 0.407 e. The summed E-state index contributed by atoms with van der Waals surface area (Å²) in [5.41, 5.74) is 1.10. The van der Waals surface area contributed by atoms with Crippen LogP contribution in [0.15, 0.2) is 24.4 Å². The lowest BCUT2D eigenvalue weighted by atomic mass is 10.1. The Morgan fingerprint density at radius 1 is 1.32 bits per heavy atom. The lowest BCUT2D eigenvalue weighted by Gasteiger charge is -2.13. The highest BCUT2D eigenvalue weighted by atomic mass is 35.5. The number of aryl methyl sites for hydroxylation is 1. The molecule has 1 aliphatic carbocycles. The maximum atomic E-state index is 15.7. The van der Waals surface area contributed by atoms with Crippen LogP contribution in [0.25, 0.3) is 22.6 Å². The summed E-state index contributed by atoms with van der Waals surface area (Å²) >= 11 is 6.30. The van der Waals surface area contributed by atoms with Crippen LogP contribution in [-0.4, -0.2) is 53.4 Å². The van der Waals surface area contributed by atoms with Crippen molar-refractivity contribution in [2.24, 2.45) is 0 Å². The minimum atomic E-state index is -3.74. The number of rotatable bonds is 11. The number of hydrogen-bond acceptors (Lipinski definition) is 7. The number of aromatic amines is 1. The summed E-state index contributed by atoms with van der Waals surface area (Å²) in [6.45, 7) is 3.57. The van der Waals surface area contributed by atoms with Crippen molar-refractivity contribution in [3.05, 3.63) is 46.9 Å². The van der Waals surface area contributed by atoms with E-state index in [0.717, 1.165) is 12.8 Å². The van der Waals surface area contributed by atoms with Crippen LogP contribution in [0.1, 0.15) is 57.1 Å². The molecule has 10 nitrogen and oxygen atoms in total. The molecule has 0 aliphatic heterocycles. The van der Waals surface area contributed by atoms with E-state index in [-0.39, 0.29) is 39.7 Å². The molecule has 0 saturated heterocycles. The molecule has 0 radical (unpaired) electrons. The number of ether oxygens (including phenoxy) is 1. The minimum absolute atomic E-state index is 0.0564. The third kappa shape index (κ3) is 6.79. The zero-order valence-electron chi connectivity index (χ0n) is 21.3. The molecule has 1 aromatic carbocycles. The lowest BCUT2D eigenvalue weighted by molar-refractivity contribution is 0.167. The highest BCUT2D eigenvalue weighted by Crippen LogP contribution is 2.43. The number of anilines is 1. The Kier molecular flexibility index (Phi) is 8.51. The van der Waals surface area contributed by atoms with Gasteiger partial charge in [0.15, 0.2) is 5.82 Å². The number of aromatic nitrogens is 4. The van der Waals surface area contributed by atoms with Crippen LogP contribution in [0.5, 0.6) is 0 Å². The number of nitrogens with one attached hydrogen (secondary N) is 3. The first-order valence-corrected chi connectivity index (χ1v) is 14.4. The molecule has 3 N–H and O–H groups in total. The maximum absolute atomic E-state index is 15.7. The fourth-order valence-electron chi connectivity index (χ4n) is 3.98. The van der Waals surface area contributed by atoms with Crippen molar-refractivity contribution < 1.29 is 22.3 Å². The van der Waals surface area contributed by atoms with Gasteiger partial charge in [-0.2, -0.15) is 0 Å². The van der Waals surface area contributed by atoms with E-state index in [2.05, 4.69) is 34.7 Å². The molecule has 13 heteroatoms. The van der Waals surface area contributed by atoms with Crippen LogP contribution in [0.3, 0.4) is 0 Å². The second-order valence-corrected chi connectivity index (χ2v) is 11.6. The van der Waals surface area contributed by atoms with Gasteiger partial charge in [0.05, 0.1) is 29.9 Å². The molecule has 0 spiro atoms. The predicted molar refractivity (Wildman–Crippen MR) is 143 cm³/mol. The van der Waals surface area contributed by atoms with E-state index < -0.39 is 21.9 Å². The number of halogens is 2. The molecule has 1 saturated carbocycles. The standard InChI is InChI=1S/C25H30ClFN6O4S/c1-4-11-38(35,36)33-19-13-16(26)12-17(21(19)27)22-23(32-24(31-22)15-6-7-15)18-9-10-28-20(30-18)8-5-14(2)29-25(34)37-3/h9-10,12-15,33H,4-8,11H2,1-3H3,(H,29,34)(H,31,32)/t14-/m0/s1. The van der Waals surface area contributed by atoms with Crippen molar-refractivity contribution in [1.29, 1.82) is 0 Å². The first kappa shape index (κ1) is 27.8. The van der Waals surface area contributed by atoms with Crippen molar-refractivity contribution in [2.75, 3.05) is 17.6 Å². The van der Waals surface area contributed by atoms with Crippen LogP contribution in [0, 0.1) is 5.82 Å². The largest absolute Gasteiger partial charge is 0.453 e. The van der Waals surface area contributed by atoms with Crippen molar-refractivity contribution >= 4 is 33.4 Å². The third-order valence-corrected chi connectivity index (χ3v) is 7.72. The number of alkyl carbamates (subject to hydrolysis) is 1. The summed E-state index contributed by atoms with van der Waals surface area (Å²) < 4.78 is 47.3. The van der Waals surface area contributed by atoms with Gasteiger partial charge in [-0.3, -0.25) is 4.72 Å². The van der Waals surface area contributed by atoms with E-state index in [0.29, 0.717) is 42.3 Å². The number of carbonyl (C=O) groups excluding carboxylic acids is 1. The Morgan fingerprint density at radius 2 is 2.08 bits per heavy atom. The van der Waals surface area contributed by atoms with Crippen molar-refractivity contribution in [3.8, 4) is 22.6 Å². The van der Waals surface area contributed by atoms with Crippen LogP contribution in [0.4, 0.5) is 14.9 Å². The second-order valence-electron chi connectivity index (χ2n) is 9.29. The van der Waals surface area contributed by atoms with E-state index >= 15 is 4.39 Å². The molecule has 1 fully saturated rings. The summed E-state index contributed by atoms with van der Waals surface area (Å²) in [6, 6.07) is 4.20. The summed E-state index contributed by atoms with van der Waals surface area (Å²) in [5, 5.41) is 2.86. The van der Waals surface area contributed by atoms with Crippen molar-refractivity contribution in [3.63, 3.8) is 0 Å². The van der Waals surface area contributed by atoms with E-state index in [1.54, 1.807) is 19.2 Å². The van der Waals surface area contributed by atoms with Gasteiger partial charge >= 0.3 is 6.09 Å². The molecular weight excluding hydrogens is 535 g/mol. The molecule has 38 heavy (non-hydrogen) atoms. The van der Waals surface area contributed by atoms with Crippen LogP contribution < -0.4 is 10.0 Å². The van der Waals surface area contributed by atoms with E-state index in [1.807, 2.05) is 6.92 Å². The first-order valence-electron chi connectivity index (χ1n) is 12.4. The van der Waals surface area contributed by atoms with E-state index in [4.69, 9.17) is 11.6 Å². The van der Waals surface area contributed by atoms with Gasteiger partial charge in [0, 0.05) is 35.2 Å². The topological polar surface area (TPSA) is 139 Å². The number of hydrogen-bond donors (Lipinski definition) is 3. The molecule has 1 amide bonds. The first-order chi connectivity index (χ1) is 18.1. The lowest BCUT2D eigenvalue weighted by Crippen LogP contribution is -2.32. The van der Waals surface area contributed by atoms with Gasteiger partial charge in [0.25, 0.3) is 0 Å². The third-order valence-electron chi connectivity index (χ3n) is 6.03. The highest BCUT2D eigenvalue weighted by Gasteiger charge is 2.30. The fourth-order valence-corrected chi connectivity index (χ4v) is 5.32. The van der Waals surface area contributed by atoms with Crippen LogP contribution >= 0.6 is 11.6 Å². The van der Waals surface area contributed by atoms with Crippen LogP contribution in [-0.2, 0) is 21.2 Å². The summed E-state index contributed by atoms with van der Waals surface area (Å²) in [4.78, 5) is 28.4. The van der Waals surface area contributed by atoms with Gasteiger partial charge in [0.1, 0.15) is 17.3 Å². The van der Waals surface area contributed by atoms with Gasteiger partial charge < -0.3 is 15.0 Å². The Balaban J connectivity index is 1.69. The van der Waals surface area contributed by atoms with Crippen molar-refractivity contribution in [1.82, 2.24) is 25.3 Å². The average Bonchev–Trinajstić information content (AvgIpc) is 3.63.